The van der Waals surface area contributed by atoms with Crippen molar-refractivity contribution in [3.63, 3.8) is 0 Å². The molecule has 0 saturated heterocycles. The topological polar surface area (TPSA) is 55.8 Å². The molecule has 0 bridgehead atoms. The molecule has 0 aliphatic carbocycles. The predicted molar refractivity (Wildman–Crippen MR) is 129 cm³/mol. The molecule has 31 heavy (non-hydrogen) atoms. The molecule has 0 fully saturated rings. The van der Waals surface area contributed by atoms with Gasteiger partial charge in [-0.3, -0.25) is 4.90 Å². The van der Waals surface area contributed by atoms with Crippen LogP contribution in [0.4, 0.5) is 4.79 Å². The highest BCUT2D eigenvalue weighted by molar-refractivity contribution is 5.81. The van der Waals surface area contributed by atoms with Crippen LogP contribution in [0.1, 0.15) is 124 Å². The van der Waals surface area contributed by atoms with Gasteiger partial charge in [0, 0.05) is 7.05 Å². The molecule has 1 amide bonds. The van der Waals surface area contributed by atoms with Crippen LogP contribution in [0, 0.1) is 5.92 Å². The van der Waals surface area contributed by atoms with E-state index in [-0.39, 0.29) is 11.9 Å². The number of ether oxygens (including phenoxy) is 2. The van der Waals surface area contributed by atoms with Crippen molar-refractivity contribution in [2.75, 3.05) is 20.3 Å². The molecule has 0 rings (SSSR count). The Kier molecular flexibility index (Phi) is 19.8. The fourth-order valence-electron chi connectivity index (χ4n) is 3.81. The van der Waals surface area contributed by atoms with Crippen molar-refractivity contribution in [1.29, 1.82) is 0 Å². The molecule has 0 N–H and O–H groups in total. The summed E-state index contributed by atoms with van der Waals surface area (Å²) in [5, 5.41) is 0. The van der Waals surface area contributed by atoms with Gasteiger partial charge in [-0.1, -0.05) is 111 Å². The second kappa shape index (κ2) is 20.6. The number of hydrogen-bond acceptors (Lipinski definition) is 4. The summed E-state index contributed by atoms with van der Waals surface area (Å²) in [6, 6.07) is -0.601. The first-order chi connectivity index (χ1) is 15.0. The zero-order valence-corrected chi connectivity index (χ0v) is 21.3. The molecular formula is C26H51NO4. The third-order valence-corrected chi connectivity index (χ3v) is 5.79. The fourth-order valence-corrected chi connectivity index (χ4v) is 3.81. The molecule has 0 aromatic rings. The van der Waals surface area contributed by atoms with Gasteiger partial charge in [0.15, 0.2) is 0 Å². The van der Waals surface area contributed by atoms with E-state index >= 15 is 0 Å². The van der Waals surface area contributed by atoms with E-state index in [2.05, 4.69) is 13.8 Å². The predicted octanol–water partition coefficient (Wildman–Crippen LogP) is 7.51. The second-order valence-corrected chi connectivity index (χ2v) is 9.18. The van der Waals surface area contributed by atoms with E-state index in [1.54, 1.807) is 7.05 Å². The summed E-state index contributed by atoms with van der Waals surface area (Å²) in [6.45, 7) is 9.09. The molecule has 0 aliphatic heterocycles. The van der Waals surface area contributed by atoms with Gasteiger partial charge in [0.25, 0.3) is 0 Å². The van der Waals surface area contributed by atoms with Crippen molar-refractivity contribution in [2.24, 2.45) is 5.92 Å². The Morgan fingerprint density at radius 3 is 1.48 bits per heavy atom. The number of rotatable bonds is 20. The summed E-state index contributed by atoms with van der Waals surface area (Å²) in [5.41, 5.74) is 0. The van der Waals surface area contributed by atoms with Gasteiger partial charge in [-0.05, 0) is 18.8 Å². The molecule has 5 nitrogen and oxygen atoms in total. The van der Waals surface area contributed by atoms with Gasteiger partial charge in [0.1, 0.15) is 6.04 Å². The molecule has 0 spiro atoms. The average molecular weight is 442 g/mol. The third kappa shape index (κ3) is 16.1. The minimum absolute atomic E-state index is 0.0255. The van der Waals surface area contributed by atoms with Crippen LogP contribution in [0.25, 0.3) is 0 Å². The van der Waals surface area contributed by atoms with Crippen LogP contribution in [0.3, 0.4) is 0 Å². The largest absolute Gasteiger partial charge is 0.464 e. The van der Waals surface area contributed by atoms with E-state index in [1.165, 1.54) is 62.7 Å². The first-order valence-corrected chi connectivity index (χ1v) is 13.0. The van der Waals surface area contributed by atoms with Gasteiger partial charge < -0.3 is 9.47 Å². The van der Waals surface area contributed by atoms with Gasteiger partial charge in [-0.15, -0.1) is 0 Å². The maximum atomic E-state index is 12.6. The van der Waals surface area contributed by atoms with Crippen LogP contribution in [0.2, 0.25) is 0 Å². The minimum Gasteiger partial charge on any atom is -0.464 e. The Labute approximate surface area is 192 Å². The van der Waals surface area contributed by atoms with E-state index in [1.807, 2.05) is 13.8 Å². The van der Waals surface area contributed by atoms with Crippen LogP contribution in [0.15, 0.2) is 0 Å². The first kappa shape index (κ1) is 29.7. The van der Waals surface area contributed by atoms with E-state index < -0.39 is 12.1 Å². The zero-order chi connectivity index (χ0) is 23.3. The summed E-state index contributed by atoms with van der Waals surface area (Å²) < 4.78 is 10.8. The maximum Gasteiger partial charge on any atom is 0.410 e. The van der Waals surface area contributed by atoms with Crippen molar-refractivity contribution in [3.8, 4) is 0 Å². The van der Waals surface area contributed by atoms with Gasteiger partial charge in [-0.25, -0.2) is 9.59 Å². The molecule has 0 aliphatic rings. The molecular weight excluding hydrogens is 390 g/mol. The smallest absolute Gasteiger partial charge is 0.410 e. The summed E-state index contributed by atoms with van der Waals surface area (Å²) >= 11 is 0. The lowest BCUT2D eigenvalue weighted by Gasteiger charge is -2.28. The van der Waals surface area contributed by atoms with Crippen molar-refractivity contribution in [3.05, 3.63) is 0 Å². The summed E-state index contributed by atoms with van der Waals surface area (Å²) in [7, 11) is 1.63. The highest BCUT2D eigenvalue weighted by atomic mass is 16.6. The van der Waals surface area contributed by atoms with Crippen LogP contribution < -0.4 is 0 Å². The van der Waals surface area contributed by atoms with Gasteiger partial charge in [0.2, 0.25) is 0 Å². The first-order valence-electron chi connectivity index (χ1n) is 13.0. The lowest BCUT2D eigenvalue weighted by Crippen LogP contribution is -2.46. The van der Waals surface area contributed by atoms with Gasteiger partial charge in [0.05, 0.1) is 13.2 Å². The van der Waals surface area contributed by atoms with Crippen LogP contribution >= 0.6 is 0 Å². The molecule has 1 unspecified atom stereocenters. The summed E-state index contributed by atoms with van der Waals surface area (Å²) in [6.07, 6.45) is 17.7. The zero-order valence-electron chi connectivity index (χ0n) is 21.3. The lowest BCUT2D eigenvalue weighted by molar-refractivity contribution is -0.150. The number of amides is 1. The molecule has 0 radical (unpaired) electrons. The molecule has 0 saturated carbocycles. The lowest BCUT2D eigenvalue weighted by atomic mass is 10.0. The molecule has 0 aromatic carbocycles. The van der Waals surface area contributed by atoms with E-state index in [0.29, 0.717) is 13.2 Å². The standard InChI is InChI=1S/C26H51NO4/c1-6-8-10-12-13-14-15-16-17-18-20-21-30-25(28)24(23(3)4)27(5)26(29)31-22-19-11-9-7-2/h23-24H,6-22H2,1-5H3. The number of hydrogen-bond donors (Lipinski definition) is 0. The van der Waals surface area contributed by atoms with E-state index in [0.717, 1.165) is 38.5 Å². The minimum atomic E-state index is -0.601. The number of esters is 1. The molecule has 5 heteroatoms. The third-order valence-electron chi connectivity index (χ3n) is 5.79. The number of likely N-dealkylation sites (N-methyl/N-ethyl adjacent to an activating group) is 1. The average Bonchev–Trinajstić information content (AvgIpc) is 2.74. The van der Waals surface area contributed by atoms with Crippen molar-refractivity contribution >= 4 is 12.1 Å². The van der Waals surface area contributed by atoms with Crippen LogP contribution in [0.5, 0.6) is 0 Å². The highest BCUT2D eigenvalue weighted by Crippen LogP contribution is 2.14. The Hall–Kier alpha value is -1.26. The number of nitrogens with zero attached hydrogens (tertiary/aromatic N) is 1. The Balaban J connectivity index is 3.95. The number of carbonyl (C=O) groups is 2. The highest BCUT2D eigenvalue weighted by Gasteiger charge is 2.32. The SMILES string of the molecule is CCCCCCCCCCCCCOC(=O)C(C(C)C)N(C)C(=O)OCCCCCC. The van der Waals surface area contributed by atoms with Crippen molar-refractivity contribution in [2.45, 2.75) is 130 Å². The van der Waals surface area contributed by atoms with E-state index in [4.69, 9.17) is 9.47 Å². The number of unbranched alkanes of at least 4 members (excludes halogenated alkanes) is 13. The molecule has 1 atom stereocenters. The Morgan fingerprint density at radius 2 is 1.03 bits per heavy atom. The van der Waals surface area contributed by atoms with Crippen LogP contribution in [-0.2, 0) is 14.3 Å². The van der Waals surface area contributed by atoms with Crippen LogP contribution in [-0.4, -0.2) is 43.3 Å². The normalized spacial score (nSPS) is 12.1. The van der Waals surface area contributed by atoms with E-state index in [9.17, 15) is 9.59 Å². The molecule has 184 valence electrons. The van der Waals surface area contributed by atoms with Gasteiger partial charge >= 0.3 is 12.1 Å². The van der Waals surface area contributed by atoms with Crippen molar-refractivity contribution < 1.29 is 19.1 Å². The quantitative estimate of drug-likeness (QED) is 0.145. The molecule has 0 heterocycles. The Morgan fingerprint density at radius 1 is 0.645 bits per heavy atom. The van der Waals surface area contributed by atoms with Gasteiger partial charge in [-0.2, -0.15) is 0 Å². The maximum absolute atomic E-state index is 12.6. The second-order valence-electron chi connectivity index (χ2n) is 9.18. The van der Waals surface area contributed by atoms with Crippen molar-refractivity contribution in [1.82, 2.24) is 4.90 Å². The number of carbonyl (C=O) groups excluding carboxylic acids is 2. The fraction of sp³-hybridized carbons (Fsp3) is 0.923. The monoisotopic (exact) mass is 441 g/mol. The summed E-state index contributed by atoms with van der Waals surface area (Å²) in [4.78, 5) is 26.2. The molecule has 0 aromatic heterocycles. The Bertz CT molecular complexity index is 439. The summed E-state index contributed by atoms with van der Waals surface area (Å²) in [5.74, 6) is -0.352.